The van der Waals surface area contributed by atoms with Crippen LogP contribution in [0.2, 0.25) is 5.02 Å². The van der Waals surface area contributed by atoms with E-state index in [9.17, 15) is 5.11 Å². The second-order valence-corrected chi connectivity index (χ2v) is 8.95. The fourth-order valence-electron chi connectivity index (χ4n) is 4.16. The van der Waals surface area contributed by atoms with Crippen molar-refractivity contribution in [3.05, 3.63) is 58.1 Å². The summed E-state index contributed by atoms with van der Waals surface area (Å²) in [5, 5.41) is 11.2. The molecule has 29 heavy (non-hydrogen) atoms. The molecule has 1 aliphatic rings. The molecule has 1 aliphatic heterocycles. The van der Waals surface area contributed by atoms with E-state index in [0.717, 1.165) is 37.0 Å². The molecule has 1 atom stereocenters. The van der Waals surface area contributed by atoms with Gasteiger partial charge in [0.1, 0.15) is 25.0 Å². The van der Waals surface area contributed by atoms with Gasteiger partial charge in [0.25, 0.3) is 0 Å². The van der Waals surface area contributed by atoms with E-state index in [0.29, 0.717) is 19.1 Å². The Morgan fingerprint density at radius 2 is 1.79 bits per heavy atom. The fraction of sp³-hybridized carbons (Fsp3) is 0.500. The smallest absolute Gasteiger partial charge is 0.137 e. The van der Waals surface area contributed by atoms with Gasteiger partial charge < -0.3 is 19.6 Å². The third kappa shape index (κ3) is 5.88. The number of aliphatic hydroxyl groups excluding tert-OH is 1. The minimum absolute atomic E-state index is 0.334. The number of halogens is 1. The van der Waals surface area contributed by atoms with Gasteiger partial charge in [-0.3, -0.25) is 0 Å². The predicted molar refractivity (Wildman–Crippen MR) is 121 cm³/mol. The Labute approximate surface area is 180 Å². The number of rotatable bonds is 7. The van der Waals surface area contributed by atoms with E-state index in [1.807, 2.05) is 12.1 Å². The van der Waals surface area contributed by atoms with Gasteiger partial charge in [0.2, 0.25) is 0 Å². The Balaban J connectivity index is 1.46. The average Bonchev–Trinajstić information content (AvgIpc) is 2.69. The summed E-state index contributed by atoms with van der Waals surface area (Å²) < 4.78 is 5.86. The van der Waals surface area contributed by atoms with Crippen molar-refractivity contribution in [3.63, 3.8) is 0 Å². The monoisotopic (exact) mass is 417 g/mol. The Kier molecular flexibility index (Phi) is 7.44. The van der Waals surface area contributed by atoms with Gasteiger partial charge in [-0.2, -0.15) is 0 Å². The number of hydrogen-bond donors (Lipinski definition) is 2. The van der Waals surface area contributed by atoms with E-state index in [1.165, 1.54) is 27.3 Å². The van der Waals surface area contributed by atoms with Crippen LogP contribution in [0.15, 0.2) is 36.4 Å². The molecule has 0 aliphatic carbocycles. The number of aryl methyl sites for hydroxylation is 2. The Morgan fingerprint density at radius 3 is 2.45 bits per heavy atom. The van der Waals surface area contributed by atoms with Crippen LogP contribution in [0.5, 0.6) is 5.75 Å². The van der Waals surface area contributed by atoms with Crippen molar-refractivity contribution in [1.29, 1.82) is 0 Å². The predicted octanol–water partition coefficient (Wildman–Crippen LogP) is 3.23. The molecule has 5 heteroatoms. The van der Waals surface area contributed by atoms with Gasteiger partial charge in [-0.25, -0.2) is 0 Å². The van der Waals surface area contributed by atoms with Crippen molar-refractivity contribution in [2.75, 3.05) is 44.2 Å². The molecule has 2 aromatic carbocycles. The quantitative estimate of drug-likeness (QED) is 0.726. The maximum Gasteiger partial charge on any atom is 0.137 e. The second-order valence-electron chi connectivity index (χ2n) is 8.51. The summed E-state index contributed by atoms with van der Waals surface area (Å²) in [5.41, 5.74) is 5.06. The molecule has 4 nitrogen and oxygen atoms in total. The van der Waals surface area contributed by atoms with Crippen LogP contribution in [-0.4, -0.2) is 50.5 Å². The Bertz CT molecular complexity index is 817. The third-order valence-electron chi connectivity index (χ3n) is 5.81. The highest BCUT2D eigenvalue weighted by molar-refractivity contribution is 6.30. The summed E-state index contributed by atoms with van der Waals surface area (Å²) in [6, 6.07) is 12.3. The van der Waals surface area contributed by atoms with E-state index >= 15 is 0 Å². The maximum atomic E-state index is 10.5. The zero-order valence-electron chi connectivity index (χ0n) is 18.0. The normalized spacial score (nSPS) is 16.3. The summed E-state index contributed by atoms with van der Waals surface area (Å²) in [4.78, 5) is 3.82. The molecule has 2 N–H and O–H groups in total. The molecule has 0 radical (unpaired) electrons. The first-order chi connectivity index (χ1) is 13.8. The average molecular weight is 418 g/mol. The molecule has 158 valence electrons. The molecule has 2 aromatic rings. The van der Waals surface area contributed by atoms with Gasteiger partial charge in [0.15, 0.2) is 0 Å². The molecule has 0 spiro atoms. The fourth-order valence-corrected chi connectivity index (χ4v) is 4.33. The van der Waals surface area contributed by atoms with Gasteiger partial charge in [0.05, 0.1) is 26.2 Å². The lowest BCUT2D eigenvalue weighted by atomic mass is 9.98. The Hall–Kier alpha value is -1.75. The highest BCUT2D eigenvalue weighted by atomic mass is 35.5. The van der Waals surface area contributed by atoms with E-state index in [1.54, 1.807) is 0 Å². The number of ether oxygens (including phenoxy) is 1. The zero-order chi connectivity index (χ0) is 21.0. The summed E-state index contributed by atoms with van der Waals surface area (Å²) in [6.45, 7) is 13.6. The molecule has 0 amide bonds. The molecule has 0 aromatic heterocycles. The van der Waals surface area contributed by atoms with E-state index in [4.69, 9.17) is 16.3 Å². The lowest BCUT2D eigenvalue weighted by molar-refractivity contribution is -0.903. The summed E-state index contributed by atoms with van der Waals surface area (Å²) in [5.74, 6) is 1.34. The highest BCUT2D eigenvalue weighted by Crippen LogP contribution is 2.25. The van der Waals surface area contributed by atoms with Crippen LogP contribution in [-0.2, 0) is 0 Å². The van der Waals surface area contributed by atoms with Gasteiger partial charge in [-0.1, -0.05) is 37.6 Å². The standard InChI is InChI=1S/C24H33ClN2O2/c1-17(2)23-8-7-22(13-19(23)4)29-16-21(28)15-26-9-11-27(12-10-26)24-14-20(25)6-5-18(24)3/h5-8,13-14,17,21,28H,9-12,15-16H2,1-4H3/p+1/t21-/m0/s1. The molecule has 0 unspecified atom stereocenters. The van der Waals surface area contributed by atoms with Crippen molar-refractivity contribution in [1.82, 2.24) is 0 Å². The lowest BCUT2D eigenvalue weighted by Gasteiger charge is -2.35. The van der Waals surface area contributed by atoms with Crippen LogP contribution < -0.4 is 14.5 Å². The van der Waals surface area contributed by atoms with Crippen LogP contribution in [0.4, 0.5) is 5.69 Å². The third-order valence-corrected chi connectivity index (χ3v) is 6.05. The van der Waals surface area contributed by atoms with Gasteiger partial charge in [-0.15, -0.1) is 0 Å². The molecular weight excluding hydrogens is 384 g/mol. The van der Waals surface area contributed by atoms with Crippen molar-refractivity contribution >= 4 is 17.3 Å². The number of piperazine rings is 1. The molecule has 0 saturated carbocycles. The molecular formula is C24H34ClN2O2+. The number of hydrogen-bond acceptors (Lipinski definition) is 3. The SMILES string of the molecule is Cc1cc(OC[C@@H](O)C[NH+]2CCN(c3cc(Cl)ccc3C)CC2)ccc1C(C)C. The van der Waals surface area contributed by atoms with Crippen molar-refractivity contribution in [3.8, 4) is 5.75 Å². The summed E-state index contributed by atoms with van der Waals surface area (Å²) >= 11 is 6.17. The minimum Gasteiger partial charge on any atom is -0.491 e. The first kappa shape index (κ1) is 21.9. The van der Waals surface area contributed by atoms with Crippen LogP contribution in [0.3, 0.4) is 0 Å². The molecule has 1 saturated heterocycles. The van der Waals surface area contributed by atoms with Gasteiger partial charge in [0, 0.05) is 10.7 Å². The minimum atomic E-state index is -0.463. The van der Waals surface area contributed by atoms with Crippen LogP contribution in [0.1, 0.15) is 36.5 Å². The molecule has 0 bridgehead atoms. The second kappa shape index (κ2) is 9.84. The van der Waals surface area contributed by atoms with Crippen molar-refractivity contribution in [2.24, 2.45) is 0 Å². The largest absolute Gasteiger partial charge is 0.491 e. The van der Waals surface area contributed by atoms with Gasteiger partial charge >= 0.3 is 0 Å². The first-order valence-corrected chi connectivity index (χ1v) is 11.0. The van der Waals surface area contributed by atoms with E-state index in [2.05, 4.69) is 56.9 Å². The van der Waals surface area contributed by atoms with E-state index in [-0.39, 0.29) is 0 Å². The van der Waals surface area contributed by atoms with Crippen LogP contribution in [0.25, 0.3) is 0 Å². The van der Waals surface area contributed by atoms with Crippen molar-refractivity contribution in [2.45, 2.75) is 39.7 Å². The number of anilines is 1. The van der Waals surface area contributed by atoms with Crippen molar-refractivity contribution < 1.29 is 14.7 Å². The Morgan fingerprint density at radius 1 is 1.07 bits per heavy atom. The van der Waals surface area contributed by atoms with Crippen LogP contribution >= 0.6 is 11.6 Å². The topological polar surface area (TPSA) is 37.1 Å². The number of quaternary nitrogens is 1. The summed E-state index contributed by atoms with van der Waals surface area (Å²) in [6.07, 6.45) is -0.463. The summed E-state index contributed by atoms with van der Waals surface area (Å²) in [7, 11) is 0. The number of nitrogens with zero attached hydrogens (tertiary/aromatic N) is 1. The number of nitrogens with one attached hydrogen (secondary N) is 1. The number of aliphatic hydroxyl groups is 1. The first-order valence-electron chi connectivity index (χ1n) is 10.6. The van der Waals surface area contributed by atoms with Crippen LogP contribution in [0, 0.1) is 13.8 Å². The molecule has 1 fully saturated rings. The number of benzene rings is 2. The lowest BCUT2D eigenvalue weighted by Crippen LogP contribution is -3.16. The molecule has 1 heterocycles. The van der Waals surface area contributed by atoms with Gasteiger partial charge in [-0.05, 0) is 60.7 Å². The maximum absolute atomic E-state index is 10.5. The van der Waals surface area contributed by atoms with E-state index < -0.39 is 6.10 Å². The zero-order valence-corrected chi connectivity index (χ0v) is 18.8. The molecule has 3 rings (SSSR count). The highest BCUT2D eigenvalue weighted by Gasteiger charge is 2.23.